The van der Waals surface area contributed by atoms with Crippen molar-refractivity contribution in [3.63, 3.8) is 0 Å². The Bertz CT molecular complexity index is 281. The van der Waals surface area contributed by atoms with Crippen LogP contribution in [0.3, 0.4) is 0 Å². The Labute approximate surface area is 151 Å². The Balaban J connectivity index is 3.26. The van der Waals surface area contributed by atoms with Crippen molar-refractivity contribution < 1.29 is 9.53 Å². The van der Waals surface area contributed by atoms with Crippen molar-refractivity contribution >= 4 is 5.97 Å². The lowest BCUT2D eigenvalue weighted by Gasteiger charge is -2.22. The highest BCUT2D eigenvalue weighted by atomic mass is 16.6. The minimum Gasteiger partial charge on any atom is -0.446 e. The highest BCUT2D eigenvalue weighted by molar-refractivity contribution is 5.69. The molecule has 143 valence electrons. The zero-order valence-corrected chi connectivity index (χ0v) is 16.7. The first-order valence-electron chi connectivity index (χ1n) is 10.3. The molecule has 0 N–H and O–H groups in total. The second kappa shape index (κ2) is 17.3. The lowest BCUT2D eigenvalue weighted by Crippen LogP contribution is -2.33. The third-order valence-electron chi connectivity index (χ3n) is 4.74. The molecule has 0 saturated heterocycles. The molecule has 0 saturated carbocycles. The van der Waals surface area contributed by atoms with Gasteiger partial charge in [0, 0.05) is 13.3 Å². The van der Waals surface area contributed by atoms with Crippen molar-refractivity contribution in [3.05, 3.63) is 6.92 Å². The Hall–Kier alpha value is -0.570. The Morgan fingerprint density at radius 2 is 1.25 bits per heavy atom. The normalized spacial score (nSPS) is 12.5. The van der Waals surface area contributed by atoms with E-state index in [1.165, 1.54) is 70.6 Å². The molecule has 0 aromatic heterocycles. The molecule has 0 aliphatic carbocycles. The number of unbranched alkanes of at least 4 members (excludes halogenated alkanes) is 12. The molecule has 24 heavy (non-hydrogen) atoms. The number of ether oxygens (including phenoxy) is 1. The van der Waals surface area contributed by atoms with Crippen LogP contribution in [0.5, 0.6) is 0 Å². The Morgan fingerprint density at radius 3 is 1.67 bits per heavy atom. The monoisotopic (exact) mass is 340 g/mol. The summed E-state index contributed by atoms with van der Waals surface area (Å²) in [5.74, 6) is -0.113. The molecule has 0 rings (SSSR count). The van der Waals surface area contributed by atoms with Crippen LogP contribution >= 0.6 is 0 Å². The van der Waals surface area contributed by atoms with E-state index in [0.717, 1.165) is 19.4 Å². The van der Waals surface area contributed by atoms with Gasteiger partial charge < -0.3 is 4.74 Å². The molecule has 0 heterocycles. The summed E-state index contributed by atoms with van der Waals surface area (Å²) in [5.41, 5.74) is 0. The molecular weight excluding hydrogens is 298 g/mol. The number of esters is 1. The molecule has 3 heteroatoms. The van der Waals surface area contributed by atoms with Crippen LogP contribution in [-0.2, 0) is 9.53 Å². The maximum absolute atomic E-state index is 11.7. The summed E-state index contributed by atoms with van der Waals surface area (Å²) in [6, 6.07) is 0. The van der Waals surface area contributed by atoms with Crippen LogP contribution in [0.1, 0.15) is 104 Å². The number of nitrogens with zero attached hydrogens (tertiary/aromatic N) is 1. The molecule has 0 fully saturated rings. The van der Waals surface area contributed by atoms with E-state index in [4.69, 9.17) is 4.74 Å². The van der Waals surface area contributed by atoms with E-state index in [0.29, 0.717) is 6.42 Å². The van der Waals surface area contributed by atoms with Gasteiger partial charge in [-0.15, -0.1) is 0 Å². The lowest BCUT2D eigenvalue weighted by atomic mass is 10.0. The fourth-order valence-corrected chi connectivity index (χ4v) is 2.79. The topological polar surface area (TPSA) is 29.5 Å². The van der Waals surface area contributed by atoms with Gasteiger partial charge in [-0.25, -0.2) is 0 Å². The first-order valence-corrected chi connectivity index (χ1v) is 10.3. The summed E-state index contributed by atoms with van der Waals surface area (Å²) >= 11 is 0. The summed E-state index contributed by atoms with van der Waals surface area (Å²) in [6.07, 6.45) is 17.3. The van der Waals surface area contributed by atoms with E-state index in [2.05, 4.69) is 13.8 Å². The molecular formula is C21H42NO2. The number of rotatable bonds is 17. The van der Waals surface area contributed by atoms with Crippen molar-refractivity contribution in [2.75, 3.05) is 13.6 Å². The fourth-order valence-electron chi connectivity index (χ4n) is 2.79. The first-order chi connectivity index (χ1) is 11.6. The highest BCUT2D eigenvalue weighted by Crippen LogP contribution is 2.13. The second-order valence-corrected chi connectivity index (χ2v) is 7.01. The van der Waals surface area contributed by atoms with Crippen LogP contribution in [0.25, 0.3) is 0 Å². The van der Waals surface area contributed by atoms with Gasteiger partial charge in [-0.1, -0.05) is 90.9 Å². The molecule has 0 bridgehead atoms. The van der Waals surface area contributed by atoms with Crippen LogP contribution in [0.4, 0.5) is 0 Å². The average Bonchev–Trinajstić information content (AvgIpc) is 2.58. The van der Waals surface area contributed by atoms with Gasteiger partial charge in [0.2, 0.25) is 0 Å². The predicted molar refractivity (Wildman–Crippen MR) is 104 cm³/mol. The lowest BCUT2D eigenvalue weighted by molar-refractivity contribution is -0.154. The summed E-state index contributed by atoms with van der Waals surface area (Å²) in [4.78, 5) is 13.6. The molecule has 0 aliphatic heterocycles. The van der Waals surface area contributed by atoms with Gasteiger partial charge in [-0.2, -0.15) is 0 Å². The summed E-state index contributed by atoms with van der Waals surface area (Å²) in [7, 11) is 1.91. The SMILES string of the molecule is [CH2]C(OC(=O)CCCCCCCCCCCCCCC)N(C)CC. The molecule has 0 aromatic rings. The maximum atomic E-state index is 11.7. The highest BCUT2D eigenvalue weighted by Gasteiger charge is 2.12. The zero-order valence-electron chi connectivity index (χ0n) is 16.7. The number of hydrogen-bond donors (Lipinski definition) is 0. The van der Waals surface area contributed by atoms with Gasteiger partial charge in [-0.3, -0.25) is 9.69 Å². The van der Waals surface area contributed by atoms with Crippen molar-refractivity contribution in [1.29, 1.82) is 0 Å². The van der Waals surface area contributed by atoms with Gasteiger partial charge in [0.25, 0.3) is 0 Å². The van der Waals surface area contributed by atoms with E-state index in [-0.39, 0.29) is 12.2 Å². The minimum absolute atomic E-state index is 0.113. The average molecular weight is 341 g/mol. The molecule has 1 unspecified atom stereocenters. The van der Waals surface area contributed by atoms with Crippen LogP contribution in [0.2, 0.25) is 0 Å². The predicted octanol–water partition coefficient (Wildman–Crippen LogP) is 6.12. The quantitative estimate of drug-likeness (QED) is 0.181. The molecule has 0 amide bonds. The first kappa shape index (κ1) is 23.4. The molecule has 0 aromatic carbocycles. The summed E-state index contributed by atoms with van der Waals surface area (Å²) in [5, 5.41) is 0. The number of carbonyl (C=O) groups is 1. The van der Waals surface area contributed by atoms with E-state index >= 15 is 0 Å². The van der Waals surface area contributed by atoms with E-state index in [1.54, 1.807) is 0 Å². The Kier molecular flexibility index (Phi) is 16.8. The molecule has 0 aliphatic rings. The maximum Gasteiger partial charge on any atom is 0.307 e. The van der Waals surface area contributed by atoms with Crippen LogP contribution in [0.15, 0.2) is 0 Å². The third-order valence-corrected chi connectivity index (χ3v) is 4.74. The van der Waals surface area contributed by atoms with E-state index in [9.17, 15) is 4.79 Å². The largest absolute Gasteiger partial charge is 0.446 e. The Morgan fingerprint density at radius 1 is 0.833 bits per heavy atom. The van der Waals surface area contributed by atoms with Gasteiger partial charge in [0.15, 0.2) is 6.23 Å². The van der Waals surface area contributed by atoms with Crippen LogP contribution < -0.4 is 0 Å². The number of hydrogen-bond acceptors (Lipinski definition) is 3. The van der Waals surface area contributed by atoms with E-state index < -0.39 is 0 Å². The third kappa shape index (κ3) is 15.0. The van der Waals surface area contributed by atoms with Crippen molar-refractivity contribution in [1.82, 2.24) is 4.90 Å². The van der Waals surface area contributed by atoms with Crippen LogP contribution in [0, 0.1) is 6.92 Å². The van der Waals surface area contributed by atoms with Crippen molar-refractivity contribution in [3.8, 4) is 0 Å². The van der Waals surface area contributed by atoms with Crippen molar-refractivity contribution in [2.24, 2.45) is 0 Å². The van der Waals surface area contributed by atoms with Gasteiger partial charge in [-0.05, 0) is 20.0 Å². The molecule has 1 radical (unpaired) electrons. The van der Waals surface area contributed by atoms with Crippen molar-refractivity contribution in [2.45, 2.75) is 110 Å². The smallest absolute Gasteiger partial charge is 0.307 e. The van der Waals surface area contributed by atoms with Crippen LogP contribution in [-0.4, -0.2) is 30.7 Å². The fraction of sp³-hybridized carbons (Fsp3) is 0.905. The van der Waals surface area contributed by atoms with Gasteiger partial charge >= 0.3 is 5.97 Å². The second-order valence-electron chi connectivity index (χ2n) is 7.01. The number of carbonyl (C=O) groups excluding carboxylic acids is 1. The standard InChI is InChI=1S/C21H42NO2/c1-5-7-8-9-10-11-12-13-14-15-16-17-18-19-21(23)24-20(3)22(4)6-2/h20H,3,5-19H2,1-2,4H3. The van der Waals surface area contributed by atoms with Gasteiger partial charge in [0.1, 0.15) is 0 Å². The zero-order chi connectivity index (χ0) is 18.0. The van der Waals surface area contributed by atoms with E-state index in [1.807, 2.05) is 18.9 Å². The molecule has 1 atom stereocenters. The molecule has 3 nitrogen and oxygen atoms in total. The minimum atomic E-state index is -0.357. The molecule has 0 spiro atoms. The summed E-state index contributed by atoms with van der Waals surface area (Å²) < 4.78 is 5.29. The summed E-state index contributed by atoms with van der Waals surface area (Å²) in [6.45, 7) is 8.97. The van der Waals surface area contributed by atoms with Gasteiger partial charge in [0.05, 0.1) is 0 Å².